The molecular formula is C9H11BrO. The Labute approximate surface area is 75.2 Å². The zero-order valence-corrected chi connectivity index (χ0v) is 7.79. The Balaban J connectivity index is 2.74. The first kappa shape index (κ1) is 8.75. The highest BCUT2D eigenvalue weighted by Gasteiger charge is 2.06. The molecule has 1 nitrogen and oxygen atoms in total. The van der Waals surface area contributed by atoms with Crippen LogP contribution in [0.4, 0.5) is 0 Å². The van der Waals surface area contributed by atoms with Crippen molar-refractivity contribution in [3.05, 3.63) is 35.9 Å². The van der Waals surface area contributed by atoms with Crippen molar-refractivity contribution in [3.8, 4) is 0 Å². The van der Waals surface area contributed by atoms with E-state index in [4.69, 9.17) is 5.11 Å². The van der Waals surface area contributed by atoms with Gasteiger partial charge in [0.1, 0.15) is 0 Å². The van der Waals surface area contributed by atoms with Gasteiger partial charge in [-0.1, -0.05) is 46.3 Å². The minimum absolute atomic E-state index is 0.204. The lowest BCUT2D eigenvalue weighted by Gasteiger charge is -2.09. The van der Waals surface area contributed by atoms with Crippen molar-refractivity contribution in [1.82, 2.24) is 0 Å². The van der Waals surface area contributed by atoms with E-state index in [0.717, 1.165) is 5.33 Å². The van der Waals surface area contributed by atoms with Gasteiger partial charge in [-0.05, 0) is 5.56 Å². The van der Waals surface area contributed by atoms with Crippen LogP contribution in [0, 0.1) is 0 Å². The van der Waals surface area contributed by atoms with E-state index in [9.17, 15) is 0 Å². The summed E-state index contributed by atoms with van der Waals surface area (Å²) in [7, 11) is 0. The molecule has 0 aromatic heterocycles. The second-order valence-electron chi connectivity index (χ2n) is 2.44. The van der Waals surface area contributed by atoms with Crippen molar-refractivity contribution in [2.24, 2.45) is 0 Å². The standard InChI is InChI=1S/C9H11BrO/c10-6-9(7-11)8-4-2-1-3-5-8/h1-5,9,11H,6-7H2. The number of benzene rings is 1. The molecule has 0 spiro atoms. The molecule has 0 radical (unpaired) electrons. The number of rotatable bonds is 3. The van der Waals surface area contributed by atoms with Crippen molar-refractivity contribution in [2.45, 2.75) is 5.92 Å². The van der Waals surface area contributed by atoms with Crippen molar-refractivity contribution < 1.29 is 5.11 Å². The third-order valence-corrected chi connectivity index (χ3v) is 2.46. The molecule has 1 aromatic carbocycles. The van der Waals surface area contributed by atoms with Crippen LogP contribution in [-0.2, 0) is 0 Å². The number of aliphatic hydroxyl groups excluding tert-OH is 1. The molecule has 0 aliphatic rings. The molecule has 60 valence electrons. The Bertz CT molecular complexity index is 194. The molecule has 1 unspecified atom stereocenters. The van der Waals surface area contributed by atoms with E-state index in [0.29, 0.717) is 0 Å². The van der Waals surface area contributed by atoms with Crippen LogP contribution in [0.5, 0.6) is 0 Å². The summed E-state index contributed by atoms with van der Waals surface area (Å²) in [6, 6.07) is 10.0. The minimum atomic E-state index is 0.204. The number of alkyl halides is 1. The van der Waals surface area contributed by atoms with E-state index >= 15 is 0 Å². The summed E-state index contributed by atoms with van der Waals surface area (Å²) in [4.78, 5) is 0. The minimum Gasteiger partial charge on any atom is -0.396 e. The molecule has 1 atom stereocenters. The zero-order valence-electron chi connectivity index (χ0n) is 6.20. The van der Waals surface area contributed by atoms with Crippen LogP contribution >= 0.6 is 15.9 Å². The van der Waals surface area contributed by atoms with Gasteiger partial charge in [0.05, 0.1) is 6.61 Å². The first-order valence-corrected chi connectivity index (χ1v) is 4.72. The molecule has 0 amide bonds. The van der Waals surface area contributed by atoms with Crippen LogP contribution in [0.15, 0.2) is 30.3 Å². The number of hydrogen-bond acceptors (Lipinski definition) is 1. The molecule has 0 heterocycles. The van der Waals surface area contributed by atoms with Gasteiger partial charge in [0, 0.05) is 11.2 Å². The Kier molecular flexibility index (Phi) is 3.60. The molecule has 0 bridgehead atoms. The van der Waals surface area contributed by atoms with Crippen LogP contribution in [0.3, 0.4) is 0 Å². The van der Waals surface area contributed by atoms with Crippen LogP contribution < -0.4 is 0 Å². The summed E-state index contributed by atoms with van der Waals surface area (Å²) < 4.78 is 0. The lowest BCUT2D eigenvalue weighted by atomic mass is 10.0. The highest BCUT2D eigenvalue weighted by molar-refractivity contribution is 9.09. The molecule has 1 N–H and O–H groups in total. The van der Waals surface area contributed by atoms with Gasteiger partial charge >= 0.3 is 0 Å². The normalized spacial score (nSPS) is 12.9. The average molecular weight is 215 g/mol. The van der Waals surface area contributed by atoms with E-state index in [2.05, 4.69) is 15.9 Å². The molecule has 2 heteroatoms. The van der Waals surface area contributed by atoms with Gasteiger partial charge in [0.25, 0.3) is 0 Å². The lowest BCUT2D eigenvalue weighted by molar-refractivity contribution is 0.275. The van der Waals surface area contributed by atoms with Gasteiger partial charge < -0.3 is 5.11 Å². The lowest BCUT2D eigenvalue weighted by Crippen LogP contribution is -2.04. The van der Waals surface area contributed by atoms with Crippen molar-refractivity contribution in [1.29, 1.82) is 0 Å². The van der Waals surface area contributed by atoms with Crippen molar-refractivity contribution in [3.63, 3.8) is 0 Å². The Hall–Kier alpha value is -0.340. The quantitative estimate of drug-likeness (QED) is 0.766. The maximum atomic E-state index is 8.95. The Morgan fingerprint density at radius 1 is 1.27 bits per heavy atom. The van der Waals surface area contributed by atoms with E-state index in [-0.39, 0.29) is 12.5 Å². The maximum Gasteiger partial charge on any atom is 0.0507 e. The van der Waals surface area contributed by atoms with Gasteiger partial charge in [0.15, 0.2) is 0 Å². The molecule has 0 fully saturated rings. The summed E-state index contributed by atoms with van der Waals surface area (Å²) in [6.07, 6.45) is 0. The van der Waals surface area contributed by atoms with Gasteiger partial charge in [0.2, 0.25) is 0 Å². The molecule has 0 saturated carbocycles. The van der Waals surface area contributed by atoms with Gasteiger partial charge in [-0.3, -0.25) is 0 Å². The maximum absolute atomic E-state index is 8.95. The molecule has 1 aromatic rings. The predicted molar refractivity (Wildman–Crippen MR) is 50.1 cm³/mol. The molecule has 1 rings (SSSR count). The number of aliphatic hydroxyl groups is 1. The predicted octanol–water partition coefficient (Wildman–Crippen LogP) is 2.16. The van der Waals surface area contributed by atoms with E-state index < -0.39 is 0 Å². The second-order valence-corrected chi connectivity index (χ2v) is 3.09. The monoisotopic (exact) mass is 214 g/mol. The van der Waals surface area contributed by atoms with Gasteiger partial charge in [-0.2, -0.15) is 0 Å². The third kappa shape index (κ3) is 2.31. The summed E-state index contributed by atoms with van der Waals surface area (Å²) in [6.45, 7) is 0.204. The van der Waals surface area contributed by atoms with E-state index in [1.807, 2.05) is 30.3 Å². The first-order valence-electron chi connectivity index (χ1n) is 3.60. The van der Waals surface area contributed by atoms with Crippen LogP contribution in [0.25, 0.3) is 0 Å². The van der Waals surface area contributed by atoms with Crippen molar-refractivity contribution >= 4 is 15.9 Å². The van der Waals surface area contributed by atoms with Crippen LogP contribution in [0.1, 0.15) is 11.5 Å². The highest BCUT2D eigenvalue weighted by Crippen LogP contribution is 2.16. The topological polar surface area (TPSA) is 20.2 Å². The van der Waals surface area contributed by atoms with E-state index in [1.54, 1.807) is 0 Å². The summed E-state index contributed by atoms with van der Waals surface area (Å²) in [5.74, 6) is 0.233. The van der Waals surface area contributed by atoms with E-state index in [1.165, 1.54) is 5.56 Å². The molecular weight excluding hydrogens is 204 g/mol. The molecule has 0 saturated heterocycles. The summed E-state index contributed by atoms with van der Waals surface area (Å²) >= 11 is 3.35. The third-order valence-electron chi connectivity index (χ3n) is 1.68. The average Bonchev–Trinajstić information content (AvgIpc) is 2.09. The fourth-order valence-electron chi connectivity index (χ4n) is 0.968. The van der Waals surface area contributed by atoms with Crippen molar-refractivity contribution in [2.75, 3.05) is 11.9 Å². The summed E-state index contributed by atoms with van der Waals surface area (Å²) in [5.41, 5.74) is 1.19. The molecule has 11 heavy (non-hydrogen) atoms. The Morgan fingerprint density at radius 3 is 2.36 bits per heavy atom. The fraction of sp³-hybridized carbons (Fsp3) is 0.333. The second kappa shape index (κ2) is 4.52. The van der Waals surface area contributed by atoms with Gasteiger partial charge in [-0.25, -0.2) is 0 Å². The SMILES string of the molecule is OCC(CBr)c1ccccc1. The first-order chi connectivity index (χ1) is 5.38. The van der Waals surface area contributed by atoms with Crippen LogP contribution in [-0.4, -0.2) is 17.0 Å². The van der Waals surface area contributed by atoms with Gasteiger partial charge in [-0.15, -0.1) is 0 Å². The van der Waals surface area contributed by atoms with Crippen LogP contribution in [0.2, 0.25) is 0 Å². The largest absolute Gasteiger partial charge is 0.396 e. The Morgan fingerprint density at radius 2 is 1.91 bits per heavy atom. The number of hydrogen-bond donors (Lipinski definition) is 1. The molecule has 0 aliphatic carbocycles. The number of halogens is 1. The highest BCUT2D eigenvalue weighted by atomic mass is 79.9. The molecule has 0 aliphatic heterocycles. The summed E-state index contributed by atoms with van der Waals surface area (Å²) in [5, 5.41) is 9.76. The fourth-order valence-corrected chi connectivity index (χ4v) is 1.55. The smallest absolute Gasteiger partial charge is 0.0507 e. The zero-order chi connectivity index (χ0) is 8.10.